The van der Waals surface area contributed by atoms with Crippen molar-refractivity contribution in [2.75, 3.05) is 7.11 Å². The summed E-state index contributed by atoms with van der Waals surface area (Å²) in [5.41, 5.74) is 0.768. The van der Waals surface area contributed by atoms with E-state index in [0.29, 0.717) is 12.2 Å². The minimum atomic E-state index is -0.696. The predicted molar refractivity (Wildman–Crippen MR) is 64.9 cm³/mol. The Hall–Kier alpha value is -1.35. The molecule has 0 aliphatic heterocycles. The number of benzene rings is 1. The maximum absolute atomic E-state index is 11.8. The first-order valence-electron chi connectivity index (χ1n) is 6.07. The highest BCUT2D eigenvalue weighted by molar-refractivity contribution is 5.82. The molecule has 1 N–H and O–H groups in total. The molecule has 92 valence electrons. The Kier molecular flexibility index (Phi) is 3.79. The summed E-state index contributed by atoms with van der Waals surface area (Å²) in [6.45, 7) is 0. The van der Waals surface area contributed by atoms with Gasteiger partial charge in [0, 0.05) is 12.3 Å². The van der Waals surface area contributed by atoms with Crippen LogP contribution in [0.3, 0.4) is 0 Å². The summed E-state index contributed by atoms with van der Waals surface area (Å²) in [5, 5.41) is 10.3. The minimum absolute atomic E-state index is 0.187. The average Bonchev–Trinajstić information content (AvgIpc) is 2.38. The Morgan fingerprint density at radius 2 is 2.24 bits per heavy atom. The number of hydrogen-bond acceptors (Lipinski definition) is 3. The molecule has 1 unspecified atom stereocenters. The number of carbonyl (C=O) groups excluding carboxylic acids is 1. The van der Waals surface area contributed by atoms with Gasteiger partial charge < -0.3 is 9.84 Å². The molecular formula is C14H18O3. The third kappa shape index (κ3) is 2.67. The number of methoxy groups -OCH3 is 1. The van der Waals surface area contributed by atoms with Crippen LogP contribution >= 0.6 is 0 Å². The molecule has 0 saturated heterocycles. The van der Waals surface area contributed by atoms with Crippen LogP contribution in [0.2, 0.25) is 0 Å². The molecule has 2 atom stereocenters. The Labute approximate surface area is 101 Å². The van der Waals surface area contributed by atoms with E-state index in [0.717, 1.165) is 24.8 Å². The fourth-order valence-electron chi connectivity index (χ4n) is 2.40. The van der Waals surface area contributed by atoms with Gasteiger partial charge in [0.25, 0.3) is 0 Å². The zero-order valence-electron chi connectivity index (χ0n) is 10.1. The largest absolute Gasteiger partial charge is 0.497 e. The Balaban J connectivity index is 2.17. The topological polar surface area (TPSA) is 46.5 Å². The molecule has 1 aromatic carbocycles. The van der Waals surface area contributed by atoms with E-state index < -0.39 is 6.10 Å². The zero-order chi connectivity index (χ0) is 12.3. The van der Waals surface area contributed by atoms with E-state index >= 15 is 0 Å². The van der Waals surface area contributed by atoms with E-state index in [1.807, 2.05) is 18.2 Å². The number of Topliss-reactive ketones (excluding diaryl/α,β-unsaturated/α-hetero) is 1. The molecule has 1 aliphatic carbocycles. The first-order valence-corrected chi connectivity index (χ1v) is 6.07. The van der Waals surface area contributed by atoms with Gasteiger partial charge in [-0.2, -0.15) is 0 Å². The van der Waals surface area contributed by atoms with Crippen LogP contribution in [-0.4, -0.2) is 18.0 Å². The third-order valence-electron chi connectivity index (χ3n) is 3.42. The summed E-state index contributed by atoms with van der Waals surface area (Å²) in [5.74, 6) is 0.659. The molecule has 1 fully saturated rings. The van der Waals surface area contributed by atoms with Crippen LogP contribution < -0.4 is 4.74 Å². The van der Waals surface area contributed by atoms with Gasteiger partial charge in [0.15, 0.2) is 0 Å². The number of ketones is 1. The summed E-state index contributed by atoms with van der Waals surface area (Å²) in [4.78, 5) is 11.8. The van der Waals surface area contributed by atoms with Gasteiger partial charge in [0.1, 0.15) is 11.5 Å². The van der Waals surface area contributed by atoms with E-state index in [9.17, 15) is 9.90 Å². The summed E-state index contributed by atoms with van der Waals surface area (Å²) >= 11 is 0. The summed E-state index contributed by atoms with van der Waals surface area (Å²) in [6.07, 6.45) is 2.68. The summed E-state index contributed by atoms with van der Waals surface area (Å²) in [7, 11) is 1.59. The average molecular weight is 234 g/mol. The number of aliphatic hydroxyl groups is 1. The molecule has 3 heteroatoms. The second kappa shape index (κ2) is 5.32. The van der Waals surface area contributed by atoms with Crippen LogP contribution in [0, 0.1) is 5.92 Å². The maximum Gasteiger partial charge on any atom is 0.138 e. The van der Waals surface area contributed by atoms with Crippen LogP contribution in [-0.2, 0) is 4.79 Å². The second-order valence-electron chi connectivity index (χ2n) is 4.54. The Bertz CT molecular complexity index is 400. The van der Waals surface area contributed by atoms with Gasteiger partial charge in [-0.05, 0) is 30.5 Å². The normalized spacial score (nSPS) is 22.2. The molecule has 0 radical (unpaired) electrons. The van der Waals surface area contributed by atoms with Crippen molar-refractivity contribution in [3.05, 3.63) is 29.8 Å². The lowest BCUT2D eigenvalue weighted by Crippen LogP contribution is -2.25. The highest BCUT2D eigenvalue weighted by Gasteiger charge is 2.29. The van der Waals surface area contributed by atoms with Crippen LogP contribution in [0.15, 0.2) is 24.3 Å². The van der Waals surface area contributed by atoms with Crippen molar-refractivity contribution in [3.63, 3.8) is 0 Å². The smallest absolute Gasteiger partial charge is 0.138 e. The van der Waals surface area contributed by atoms with Crippen molar-refractivity contribution >= 4 is 5.78 Å². The Morgan fingerprint density at radius 1 is 1.41 bits per heavy atom. The van der Waals surface area contributed by atoms with Crippen molar-refractivity contribution in [2.45, 2.75) is 31.8 Å². The van der Waals surface area contributed by atoms with Crippen LogP contribution in [0.1, 0.15) is 37.4 Å². The van der Waals surface area contributed by atoms with Gasteiger partial charge in [0.05, 0.1) is 13.2 Å². The fourth-order valence-corrected chi connectivity index (χ4v) is 2.40. The third-order valence-corrected chi connectivity index (χ3v) is 3.42. The SMILES string of the molecule is COc1cccc(C(O)[C@H]2CCCCC2=O)c1. The molecule has 1 aromatic rings. The van der Waals surface area contributed by atoms with Crippen molar-refractivity contribution in [2.24, 2.45) is 5.92 Å². The first-order chi connectivity index (χ1) is 8.22. The van der Waals surface area contributed by atoms with E-state index in [1.165, 1.54) is 0 Å². The standard InChI is InChI=1S/C14H18O3/c1-17-11-6-4-5-10(9-11)14(16)12-7-2-3-8-13(12)15/h4-6,9,12,14,16H,2-3,7-8H2,1H3/t12-,14?/m0/s1. The van der Waals surface area contributed by atoms with E-state index in [4.69, 9.17) is 4.74 Å². The van der Waals surface area contributed by atoms with Crippen LogP contribution in [0.25, 0.3) is 0 Å². The number of hydrogen-bond donors (Lipinski definition) is 1. The van der Waals surface area contributed by atoms with Gasteiger partial charge in [-0.3, -0.25) is 4.79 Å². The predicted octanol–water partition coefficient (Wildman–Crippen LogP) is 2.49. The van der Waals surface area contributed by atoms with E-state index in [-0.39, 0.29) is 11.7 Å². The molecule has 0 aromatic heterocycles. The van der Waals surface area contributed by atoms with Crippen molar-refractivity contribution in [1.82, 2.24) is 0 Å². The number of ether oxygens (including phenoxy) is 1. The first kappa shape index (κ1) is 12.1. The van der Waals surface area contributed by atoms with Crippen molar-refractivity contribution in [1.29, 1.82) is 0 Å². The second-order valence-corrected chi connectivity index (χ2v) is 4.54. The van der Waals surface area contributed by atoms with Gasteiger partial charge in [-0.25, -0.2) is 0 Å². The molecular weight excluding hydrogens is 216 g/mol. The molecule has 0 heterocycles. The monoisotopic (exact) mass is 234 g/mol. The number of carbonyl (C=O) groups is 1. The van der Waals surface area contributed by atoms with Crippen LogP contribution in [0.5, 0.6) is 5.75 Å². The molecule has 1 aliphatic rings. The lowest BCUT2D eigenvalue weighted by Gasteiger charge is -2.25. The molecule has 17 heavy (non-hydrogen) atoms. The van der Waals surface area contributed by atoms with Gasteiger partial charge in [0.2, 0.25) is 0 Å². The molecule has 1 saturated carbocycles. The molecule has 0 bridgehead atoms. The number of rotatable bonds is 3. The van der Waals surface area contributed by atoms with Gasteiger partial charge in [-0.1, -0.05) is 18.6 Å². The van der Waals surface area contributed by atoms with E-state index in [1.54, 1.807) is 13.2 Å². The van der Waals surface area contributed by atoms with Gasteiger partial charge >= 0.3 is 0 Å². The fraction of sp³-hybridized carbons (Fsp3) is 0.500. The Morgan fingerprint density at radius 3 is 2.94 bits per heavy atom. The summed E-state index contributed by atoms with van der Waals surface area (Å²) in [6, 6.07) is 7.31. The van der Waals surface area contributed by atoms with Crippen LogP contribution in [0.4, 0.5) is 0 Å². The van der Waals surface area contributed by atoms with Crippen molar-refractivity contribution in [3.8, 4) is 5.75 Å². The zero-order valence-corrected chi connectivity index (χ0v) is 10.1. The van der Waals surface area contributed by atoms with Crippen molar-refractivity contribution < 1.29 is 14.6 Å². The lowest BCUT2D eigenvalue weighted by atomic mass is 9.82. The minimum Gasteiger partial charge on any atom is -0.497 e. The number of aliphatic hydroxyl groups excluding tert-OH is 1. The highest BCUT2D eigenvalue weighted by atomic mass is 16.5. The lowest BCUT2D eigenvalue weighted by molar-refractivity contribution is -0.128. The molecule has 0 spiro atoms. The molecule has 2 rings (SSSR count). The highest BCUT2D eigenvalue weighted by Crippen LogP contribution is 2.33. The molecule has 3 nitrogen and oxygen atoms in total. The van der Waals surface area contributed by atoms with E-state index in [2.05, 4.69) is 0 Å². The van der Waals surface area contributed by atoms with Gasteiger partial charge in [-0.15, -0.1) is 0 Å². The summed E-state index contributed by atoms with van der Waals surface area (Å²) < 4.78 is 5.12. The quantitative estimate of drug-likeness (QED) is 0.874. The maximum atomic E-state index is 11.8. The molecule has 0 amide bonds.